The second-order valence-electron chi connectivity index (χ2n) is 9.12. The fourth-order valence-corrected chi connectivity index (χ4v) is 4.59. The van der Waals surface area contributed by atoms with Crippen molar-refractivity contribution in [1.29, 1.82) is 5.26 Å². The molecule has 2 heterocycles. The Morgan fingerprint density at radius 2 is 1.56 bits per heavy atom. The molecular formula is C31H27N7O. The minimum absolute atomic E-state index is 0.340. The molecular weight excluding hydrogens is 486 g/mol. The predicted octanol–water partition coefficient (Wildman–Crippen LogP) is 6.38. The Bertz CT molecular complexity index is 1680. The molecule has 2 amide bonds. The van der Waals surface area contributed by atoms with Crippen molar-refractivity contribution in [3.63, 3.8) is 0 Å². The van der Waals surface area contributed by atoms with Gasteiger partial charge < -0.3 is 15.6 Å². The molecule has 0 aliphatic carbocycles. The number of carbonyl (C=O) groups excluding carboxylic acids is 1. The fraction of sp³-hybridized carbons (Fsp3) is 0.0968. The lowest BCUT2D eigenvalue weighted by molar-refractivity contribution is 0.262. The lowest BCUT2D eigenvalue weighted by atomic mass is 9.98. The molecule has 0 saturated carbocycles. The van der Waals surface area contributed by atoms with Crippen LogP contribution >= 0.6 is 0 Å². The van der Waals surface area contributed by atoms with Gasteiger partial charge in [0, 0.05) is 23.4 Å². The molecule has 0 unspecified atom stereocenters. The van der Waals surface area contributed by atoms with Gasteiger partial charge in [-0.2, -0.15) is 5.26 Å². The van der Waals surface area contributed by atoms with Gasteiger partial charge in [-0.05, 0) is 48.7 Å². The first-order chi connectivity index (χ1) is 19.0. The number of para-hydroxylation sites is 1. The predicted molar refractivity (Wildman–Crippen MR) is 154 cm³/mol. The summed E-state index contributed by atoms with van der Waals surface area (Å²) in [5.41, 5.74) is 13.8. The van der Waals surface area contributed by atoms with E-state index in [9.17, 15) is 10.1 Å². The van der Waals surface area contributed by atoms with Crippen LogP contribution in [-0.4, -0.2) is 20.8 Å². The van der Waals surface area contributed by atoms with Crippen molar-refractivity contribution in [3.8, 4) is 28.5 Å². The molecule has 0 radical (unpaired) electrons. The molecule has 192 valence electrons. The van der Waals surface area contributed by atoms with Crippen molar-refractivity contribution < 1.29 is 4.79 Å². The molecule has 0 spiro atoms. The number of nitriles is 1. The summed E-state index contributed by atoms with van der Waals surface area (Å²) in [5, 5.41) is 23.6. The molecule has 0 atom stereocenters. The van der Waals surface area contributed by atoms with Crippen molar-refractivity contribution in [2.75, 3.05) is 16.4 Å². The van der Waals surface area contributed by atoms with Crippen LogP contribution in [0.1, 0.15) is 22.4 Å². The highest BCUT2D eigenvalue weighted by atomic mass is 16.2. The smallest absolute Gasteiger partial charge is 0.324 e. The minimum atomic E-state index is -0.429. The van der Waals surface area contributed by atoms with E-state index < -0.39 is 6.03 Å². The van der Waals surface area contributed by atoms with E-state index in [1.807, 2.05) is 103 Å². The van der Waals surface area contributed by atoms with Gasteiger partial charge in [0.05, 0.1) is 16.9 Å². The number of aromatic nitrogens is 3. The quantitative estimate of drug-likeness (QED) is 0.243. The van der Waals surface area contributed by atoms with Gasteiger partial charge in [-0.15, -0.1) is 10.2 Å². The van der Waals surface area contributed by atoms with Gasteiger partial charge in [-0.3, -0.25) is 5.32 Å². The number of benzene rings is 3. The van der Waals surface area contributed by atoms with Crippen molar-refractivity contribution in [2.45, 2.75) is 20.4 Å². The number of nitrogen functional groups attached to an aromatic ring is 1. The van der Waals surface area contributed by atoms with E-state index in [1.165, 1.54) is 0 Å². The molecule has 5 rings (SSSR count). The van der Waals surface area contributed by atoms with Gasteiger partial charge in [0.25, 0.3) is 0 Å². The molecule has 8 heteroatoms. The molecule has 0 saturated heterocycles. The van der Waals surface area contributed by atoms with Crippen LogP contribution in [0.25, 0.3) is 22.4 Å². The molecule has 39 heavy (non-hydrogen) atoms. The summed E-state index contributed by atoms with van der Waals surface area (Å²) < 4.78 is 1.95. The number of urea groups is 1. The molecule has 0 aliphatic rings. The van der Waals surface area contributed by atoms with E-state index in [4.69, 9.17) is 5.73 Å². The van der Waals surface area contributed by atoms with Crippen LogP contribution < -0.4 is 16.4 Å². The third kappa shape index (κ3) is 5.20. The number of rotatable bonds is 6. The Morgan fingerprint density at radius 3 is 2.26 bits per heavy atom. The highest BCUT2D eigenvalue weighted by molar-refractivity contribution is 6.02. The van der Waals surface area contributed by atoms with E-state index >= 15 is 0 Å². The van der Waals surface area contributed by atoms with E-state index in [2.05, 4.69) is 26.9 Å². The summed E-state index contributed by atoms with van der Waals surface area (Å²) in [6.07, 6.45) is 0. The van der Waals surface area contributed by atoms with Crippen LogP contribution in [0, 0.1) is 25.2 Å². The minimum Gasteiger partial charge on any atom is -0.384 e. The van der Waals surface area contributed by atoms with E-state index in [1.54, 1.807) is 6.07 Å². The molecule has 8 nitrogen and oxygen atoms in total. The van der Waals surface area contributed by atoms with Gasteiger partial charge in [0.1, 0.15) is 11.9 Å². The number of anilines is 3. The van der Waals surface area contributed by atoms with Crippen LogP contribution in [-0.2, 0) is 6.54 Å². The third-order valence-electron chi connectivity index (χ3n) is 6.77. The summed E-state index contributed by atoms with van der Waals surface area (Å²) >= 11 is 0. The Balaban J connectivity index is 1.38. The van der Waals surface area contributed by atoms with Crippen LogP contribution in [0.3, 0.4) is 0 Å². The van der Waals surface area contributed by atoms with Crippen LogP contribution in [0.15, 0.2) is 91.0 Å². The van der Waals surface area contributed by atoms with Crippen molar-refractivity contribution in [1.82, 2.24) is 14.8 Å². The molecule has 2 aromatic heterocycles. The van der Waals surface area contributed by atoms with Crippen LogP contribution in [0.2, 0.25) is 0 Å². The number of nitrogens with two attached hydrogens (primary N) is 1. The van der Waals surface area contributed by atoms with Gasteiger partial charge in [-0.25, -0.2) is 4.79 Å². The largest absolute Gasteiger partial charge is 0.384 e. The van der Waals surface area contributed by atoms with Crippen LogP contribution in [0.4, 0.5) is 22.1 Å². The standard InChI is InChI=1S/C31H27N7O/c1-20-21(2)38(30(33)26(20)18-32)19-23-12-6-7-13-24(23)25-14-8-9-15-28(25)34-31(39)35-29-17-16-27(36-37-29)22-10-4-3-5-11-22/h3-17H,19,33H2,1-2H3,(H2,34,35,37,39). The lowest BCUT2D eigenvalue weighted by Gasteiger charge is -2.17. The SMILES string of the molecule is Cc1c(C#N)c(N)n(Cc2ccccc2-c2ccccc2NC(=O)Nc2ccc(-c3ccccc3)nn2)c1C. The Hall–Kier alpha value is -5.42. The molecule has 4 N–H and O–H groups in total. The molecule has 5 aromatic rings. The number of nitrogens with one attached hydrogen (secondary N) is 2. The highest BCUT2D eigenvalue weighted by Gasteiger charge is 2.18. The summed E-state index contributed by atoms with van der Waals surface area (Å²) in [7, 11) is 0. The zero-order valence-electron chi connectivity index (χ0n) is 21.6. The van der Waals surface area contributed by atoms with Gasteiger partial charge >= 0.3 is 6.03 Å². The normalized spacial score (nSPS) is 10.6. The van der Waals surface area contributed by atoms with Gasteiger partial charge in [0.2, 0.25) is 0 Å². The summed E-state index contributed by atoms with van der Waals surface area (Å²) in [6.45, 7) is 4.36. The summed E-state index contributed by atoms with van der Waals surface area (Å²) in [4.78, 5) is 12.9. The maximum Gasteiger partial charge on any atom is 0.324 e. The maximum absolute atomic E-state index is 12.9. The highest BCUT2D eigenvalue weighted by Crippen LogP contribution is 2.33. The number of hydrogen-bond acceptors (Lipinski definition) is 5. The Morgan fingerprint density at radius 1 is 0.872 bits per heavy atom. The van der Waals surface area contributed by atoms with E-state index in [0.717, 1.165) is 39.2 Å². The average Bonchev–Trinajstić information content (AvgIpc) is 3.17. The number of amides is 2. The second kappa shape index (κ2) is 10.9. The van der Waals surface area contributed by atoms with E-state index in [-0.39, 0.29) is 0 Å². The zero-order valence-corrected chi connectivity index (χ0v) is 21.6. The monoisotopic (exact) mass is 513 g/mol. The topological polar surface area (TPSA) is 122 Å². The zero-order chi connectivity index (χ0) is 27.4. The molecule has 0 fully saturated rings. The van der Waals surface area contributed by atoms with Gasteiger partial charge in [-0.1, -0.05) is 72.8 Å². The summed E-state index contributed by atoms with van der Waals surface area (Å²) in [5.74, 6) is 0.791. The summed E-state index contributed by atoms with van der Waals surface area (Å²) in [6, 6.07) is 30.6. The molecule has 0 bridgehead atoms. The van der Waals surface area contributed by atoms with Crippen LogP contribution in [0.5, 0.6) is 0 Å². The Labute approximate surface area is 226 Å². The molecule has 0 aliphatic heterocycles. The number of carbonyl (C=O) groups is 1. The molecule has 3 aromatic carbocycles. The van der Waals surface area contributed by atoms with E-state index in [0.29, 0.717) is 29.4 Å². The van der Waals surface area contributed by atoms with Crippen molar-refractivity contribution in [3.05, 3.63) is 113 Å². The van der Waals surface area contributed by atoms with Crippen molar-refractivity contribution in [2.24, 2.45) is 0 Å². The number of hydrogen-bond donors (Lipinski definition) is 3. The maximum atomic E-state index is 12.9. The fourth-order valence-electron chi connectivity index (χ4n) is 4.59. The first-order valence-corrected chi connectivity index (χ1v) is 12.5. The Kier molecular flexibility index (Phi) is 7.06. The van der Waals surface area contributed by atoms with Gasteiger partial charge in [0.15, 0.2) is 5.82 Å². The lowest BCUT2D eigenvalue weighted by Crippen LogP contribution is -2.20. The second-order valence-corrected chi connectivity index (χ2v) is 9.12. The van der Waals surface area contributed by atoms with Crippen molar-refractivity contribution >= 4 is 23.4 Å². The first kappa shape index (κ1) is 25.2. The number of nitrogens with zero attached hydrogens (tertiary/aromatic N) is 4. The average molecular weight is 514 g/mol. The third-order valence-corrected chi connectivity index (χ3v) is 6.77. The first-order valence-electron chi connectivity index (χ1n) is 12.5.